The summed E-state index contributed by atoms with van der Waals surface area (Å²) in [6.45, 7) is 0. The Hall–Kier alpha value is -2.68. The van der Waals surface area contributed by atoms with E-state index in [2.05, 4.69) is 0 Å². The van der Waals surface area contributed by atoms with Gasteiger partial charge in [-0.1, -0.05) is 48.5 Å². The van der Waals surface area contributed by atoms with Gasteiger partial charge in [0, 0.05) is 30.6 Å². The highest BCUT2D eigenvalue weighted by Crippen LogP contribution is 2.21. The predicted molar refractivity (Wildman–Crippen MR) is 82.4 cm³/mol. The van der Waals surface area contributed by atoms with Crippen LogP contribution in [0.2, 0.25) is 0 Å². The van der Waals surface area contributed by atoms with Crippen molar-refractivity contribution in [3.05, 3.63) is 71.9 Å². The number of aryl methyl sites for hydroxylation is 1. The number of para-hydroxylation sites is 1. The first-order valence-corrected chi connectivity index (χ1v) is 6.82. The summed E-state index contributed by atoms with van der Waals surface area (Å²) in [5, 5.41) is 0.825. The maximum absolute atomic E-state index is 12.4. The fraction of sp³-hybridized carbons (Fsp3) is 0.111. The van der Waals surface area contributed by atoms with Gasteiger partial charge in [0.15, 0.2) is 0 Å². The molecule has 0 unspecified atom stereocenters. The molecule has 3 heteroatoms. The monoisotopic (exact) mass is 277 g/mol. The standard InChI is InChI=1S/C18H15NO2/c1-19-12-15(14-9-5-6-10-16(14)19)18(21)17(20)11-13-7-3-2-4-8-13/h2-10,12H,11H2,1H3. The summed E-state index contributed by atoms with van der Waals surface area (Å²) < 4.78 is 1.87. The number of nitrogens with zero attached hydrogens (tertiary/aromatic N) is 1. The van der Waals surface area contributed by atoms with E-state index in [0.717, 1.165) is 16.5 Å². The molecule has 0 aliphatic carbocycles. The maximum atomic E-state index is 12.4. The highest BCUT2D eigenvalue weighted by molar-refractivity contribution is 6.46. The van der Waals surface area contributed by atoms with Crippen molar-refractivity contribution in [3.8, 4) is 0 Å². The number of benzene rings is 2. The van der Waals surface area contributed by atoms with E-state index in [-0.39, 0.29) is 12.2 Å². The van der Waals surface area contributed by atoms with Crippen LogP contribution in [0.3, 0.4) is 0 Å². The molecular formula is C18H15NO2. The number of ketones is 2. The lowest BCUT2D eigenvalue weighted by atomic mass is 10.0. The molecule has 0 saturated carbocycles. The number of carbonyl (C=O) groups is 2. The molecular weight excluding hydrogens is 262 g/mol. The number of hydrogen-bond donors (Lipinski definition) is 0. The highest BCUT2D eigenvalue weighted by atomic mass is 16.2. The van der Waals surface area contributed by atoms with Crippen LogP contribution in [0.5, 0.6) is 0 Å². The summed E-state index contributed by atoms with van der Waals surface area (Å²) >= 11 is 0. The predicted octanol–water partition coefficient (Wildman–Crippen LogP) is 3.17. The first-order chi connectivity index (χ1) is 10.2. The lowest BCUT2D eigenvalue weighted by Gasteiger charge is -2.00. The van der Waals surface area contributed by atoms with Crippen LogP contribution < -0.4 is 0 Å². The van der Waals surface area contributed by atoms with E-state index in [1.54, 1.807) is 6.20 Å². The van der Waals surface area contributed by atoms with E-state index in [9.17, 15) is 9.59 Å². The molecule has 0 saturated heterocycles. The smallest absolute Gasteiger partial charge is 0.231 e. The molecule has 1 heterocycles. The van der Waals surface area contributed by atoms with Gasteiger partial charge in [0.25, 0.3) is 0 Å². The quantitative estimate of drug-likeness (QED) is 0.543. The topological polar surface area (TPSA) is 39.1 Å². The van der Waals surface area contributed by atoms with Gasteiger partial charge in [-0.15, -0.1) is 0 Å². The molecule has 0 aliphatic rings. The molecule has 0 bridgehead atoms. The average molecular weight is 277 g/mol. The number of aromatic nitrogens is 1. The third-order valence-electron chi connectivity index (χ3n) is 3.60. The first-order valence-electron chi connectivity index (χ1n) is 6.82. The van der Waals surface area contributed by atoms with E-state index in [0.29, 0.717) is 5.56 Å². The minimum absolute atomic E-state index is 0.142. The SMILES string of the molecule is Cn1cc(C(=O)C(=O)Cc2ccccc2)c2ccccc21. The highest BCUT2D eigenvalue weighted by Gasteiger charge is 2.20. The van der Waals surface area contributed by atoms with Crippen LogP contribution in [0.15, 0.2) is 60.8 Å². The summed E-state index contributed by atoms with van der Waals surface area (Å²) in [6, 6.07) is 16.9. The van der Waals surface area contributed by atoms with Gasteiger partial charge < -0.3 is 4.57 Å². The van der Waals surface area contributed by atoms with Crippen molar-refractivity contribution in [2.75, 3.05) is 0 Å². The number of fused-ring (bicyclic) bond motifs is 1. The molecule has 0 aliphatic heterocycles. The van der Waals surface area contributed by atoms with Crippen LogP contribution in [-0.4, -0.2) is 16.1 Å². The van der Waals surface area contributed by atoms with Crippen molar-refractivity contribution < 1.29 is 9.59 Å². The van der Waals surface area contributed by atoms with Gasteiger partial charge in [0.2, 0.25) is 11.6 Å². The summed E-state index contributed by atoms with van der Waals surface area (Å²) in [5.74, 6) is -0.798. The van der Waals surface area contributed by atoms with Gasteiger partial charge in [-0.05, 0) is 11.6 Å². The van der Waals surface area contributed by atoms with Crippen molar-refractivity contribution in [3.63, 3.8) is 0 Å². The second kappa shape index (κ2) is 5.37. The first kappa shape index (κ1) is 13.3. The van der Waals surface area contributed by atoms with Gasteiger partial charge in [-0.2, -0.15) is 0 Å². The third-order valence-corrected chi connectivity index (χ3v) is 3.60. The van der Waals surface area contributed by atoms with Crippen LogP contribution >= 0.6 is 0 Å². The zero-order valence-corrected chi connectivity index (χ0v) is 11.7. The average Bonchev–Trinajstić information content (AvgIpc) is 2.85. The Kier molecular flexibility index (Phi) is 3.40. The minimum Gasteiger partial charge on any atom is -0.350 e. The number of hydrogen-bond acceptors (Lipinski definition) is 2. The zero-order valence-electron chi connectivity index (χ0n) is 11.7. The summed E-state index contributed by atoms with van der Waals surface area (Å²) in [7, 11) is 1.88. The molecule has 104 valence electrons. The third kappa shape index (κ3) is 2.50. The van der Waals surface area contributed by atoms with Crippen LogP contribution in [-0.2, 0) is 18.3 Å². The van der Waals surface area contributed by atoms with Crippen molar-refractivity contribution >= 4 is 22.5 Å². The fourth-order valence-electron chi connectivity index (χ4n) is 2.53. The van der Waals surface area contributed by atoms with Gasteiger partial charge in [0.05, 0.1) is 5.56 Å². The molecule has 1 aromatic heterocycles. The lowest BCUT2D eigenvalue weighted by Crippen LogP contribution is -2.16. The molecule has 3 nitrogen and oxygen atoms in total. The van der Waals surface area contributed by atoms with E-state index in [4.69, 9.17) is 0 Å². The van der Waals surface area contributed by atoms with Crippen molar-refractivity contribution in [1.82, 2.24) is 4.57 Å². The largest absolute Gasteiger partial charge is 0.350 e. The van der Waals surface area contributed by atoms with E-state index in [1.807, 2.05) is 66.2 Å². The Labute approximate surface area is 122 Å². The Balaban J connectivity index is 1.92. The van der Waals surface area contributed by atoms with Crippen LogP contribution in [0.4, 0.5) is 0 Å². The van der Waals surface area contributed by atoms with E-state index >= 15 is 0 Å². The Bertz CT molecular complexity index is 816. The number of carbonyl (C=O) groups excluding carboxylic acids is 2. The van der Waals surface area contributed by atoms with E-state index in [1.165, 1.54) is 0 Å². The van der Waals surface area contributed by atoms with Crippen LogP contribution in [0.1, 0.15) is 15.9 Å². The molecule has 0 amide bonds. The molecule has 0 fully saturated rings. The summed E-state index contributed by atoms with van der Waals surface area (Å²) in [6.07, 6.45) is 1.87. The summed E-state index contributed by atoms with van der Waals surface area (Å²) in [4.78, 5) is 24.6. The zero-order chi connectivity index (χ0) is 14.8. The molecule has 0 N–H and O–H groups in total. The molecule has 3 aromatic rings. The van der Waals surface area contributed by atoms with Crippen molar-refractivity contribution in [1.29, 1.82) is 0 Å². The minimum atomic E-state index is -0.421. The van der Waals surface area contributed by atoms with E-state index < -0.39 is 5.78 Å². The molecule has 21 heavy (non-hydrogen) atoms. The van der Waals surface area contributed by atoms with Crippen molar-refractivity contribution in [2.45, 2.75) is 6.42 Å². The lowest BCUT2D eigenvalue weighted by molar-refractivity contribution is -0.114. The normalized spacial score (nSPS) is 10.7. The molecule has 0 radical (unpaired) electrons. The van der Waals surface area contributed by atoms with Gasteiger partial charge in [-0.3, -0.25) is 9.59 Å². The molecule has 0 spiro atoms. The maximum Gasteiger partial charge on any atom is 0.231 e. The van der Waals surface area contributed by atoms with Gasteiger partial charge in [-0.25, -0.2) is 0 Å². The second-order valence-electron chi connectivity index (χ2n) is 5.09. The molecule has 2 aromatic carbocycles. The second-order valence-corrected chi connectivity index (χ2v) is 5.09. The van der Waals surface area contributed by atoms with Crippen LogP contribution in [0, 0.1) is 0 Å². The Morgan fingerprint density at radius 1 is 0.952 bits per heavy atom. The number of rotatable bonds is 4. The molecule has 3 rings (SSSR count). The van der Waals surface area contributed by atoms with Crippen molar-refractivity contribution in [2.24, 2.45) is 7.05 Å². The molecule has 0 atom stereocenters. The van der Waals surface area contributed by atoms with Gasteiger partial charge >= 0.3 is 0 Å². The summed E-state index contributed by atoms with van der Waals surface area (Å²) in [5.41, 5.74) is 2.29. The number of Topliss-reactive ketones (excluding diaryl/α,β-unsaturated/α-hetero) is 2. The Morgan fingerprint density at radius 3 is 2.38 bits per heavy atom. The van der Waals surface area contributed by atoms with Crippen LogP contribution in [0.25, 0.3) is 10.9 Å². The van der Waals surface area contributed by atoms with Gasteiger partial charge in [0.1, 0.15) is 0 Å². The Morgan fingerprint density at radius 2 is 1.62 bits per heavy atom. The fourth-order valence-corrected chi connectivity index (χ4v) is 2.53.